The third-order valence-corrected chi connectivity index (χ3v) is 5.03. The van der Waals surface area contributed by atoms with Crippen molar-refractivity contribution in [2.24, 2.45) is 16.8 Å². The fourth-order valence-corrected chi connectivity index (χ4v) is 3.78. The average molecular weight is 364 g/mol. The molecule has 1 atom stereocenters. The number of guanidine groups is 1. The second-order valence-electron chi connectivity index (χ2n) is 7.57. The first-order valence-electron chi connectivity index (χ1n) is 10.2. The molecular weight excluding hydrogens is 326 g/mol. The van der Waals surface area contributed by atoms with E-state index >= 15 is 0 Å². The van der Waals surface area contributed by atoms with E-state index in [2.05, 4.69) is 45.9 Å². The van der Waals surface area contributed by atoms with Gasteiger partial charge in [0.05, 0.1) is 12.6 Å². The van der Waals surface area contributed by atoms with E-state index in [-0.39, 0.29) is 0 Å². The number of hydrogen-bond donors (Lipinski definition) is 2. The fraction of sp³-hybridized carbons (Fsp3) is 0.800. The molecule has 0 spiro atoms. The first kappa shape index (κ1) is 20.7. The van der Waals surface area contributed by atoms with Crippen molar-refractivity contribution in [1.29, 1.82) is 0 Å². The van der Waals surface area contributed by atoms with Crippen molar-refractivity contribution >= 4 is 5.96 Å². The number of nitrogens with zero attached hydrogens (tertiary/aromatic N) is 3. The highest BCUT2D eigenvalue weighted by Gasteiger charge is 2.25. The molecule has 1 aliphatic rings. The van der Waals surface area contributed by atoms with Gasteiger partial charge in [0.2, 0.25) is 0 Å². The van der Waals surface area contributed by atoms with Crippen molar-refractivity contribution < 1.29 is 4.74 Å². The van der Waals surface area contributed by atoms with Gasteiger partial charge in [0.25, 0.3) is 0 Å². The lowest BCUT2D eigenvalue weighted by atomic mass is 9.98. The Morgan fingerprint density at radius 1 is 1.35 bits per heavy atom. The van der Waals surface area contributed by atoms with Crippen LogP contribution in [0.3, 0.4) is 0 Å². The third kappa shape index (κ3) is 6.63. The van der Waals surface area contributed by atoms with Crippen LogP contribution in [-0.4, -0.2) is 41.8 Å². The van der Waals surface area contributed by atoms with Crippen LogP contribution in [0.4, 0.5) is 0 Å². The second-order valence-corrected chi connectivity index (χ2v) is 7.57. The second kappa shape index (κ2) is 11.2. The summed E-state index contributed by atoms with van der Waals surface area (Å²) in [5.41, 5.74) is 0. The summed E-state index contributed by atoms with van der Waals surface area (Å²) in [7, 11) is 1.81. The molecular formula is C20H37N5O. The molecule has 148 valence electrons. The minimum Gasteiger partial charge on any atom is -0.378 e. The fourth-order valence-electron chi connectivity index (χ4n) is 3.78. The molecule has 1 heterocycles. The van der Waals surface area contributed by atoms with Gasteiger partial charge in [-0.25, -0.2) is 4.98 Å². The summed E-state index contributed by atoms with van der Waals surface area (Å²) >= 11 is 0. The quantitative estimate of drug-likeness (QED) is 0.495. The topological polar surface area (TPSA) is 63.5 Å². The monoisotopic (exact) mass is 363 g/mol. The van der Waals surface area contributed by atoms with Crippen LogP contribution >= 0.6 is 0 Å². The van der Waals surface area contributed by atoms with Gasteiger partial charge < -0.3 is 19.9 Å². The van der Waals surface area contributed by atoms with E-state index in [1.165, 1.54) is 25.7 Å². The average Bonchev–Trinajstić information content (AvgIpc) is 3.28. The van der Waals surface area contributed by atoms with Crippen LogP contribution in [0.5, 0.6) is 0 Å². The molecule has 0 aliphatic heterocycles. The van der Waals surface area contributed by atoms with Gasteiger partial charge in [-0.05, 0) is 38.0 Å². The minimum absolute atomic E-state index is 0.373. The summed E-state index contributed by atoms with van der Waals surface area (Å²) in [6, 6.07) is 0. The zero-order chi connectivity index (χ0) is 18.8. The Labute approximate surface area is 158 Å². The maximum atomic E-state index is 6.00. The Bertz CT molecular complexity index is 534. The molecule has 1 saturated carbocycles. The Balaban J connectivity index is 1.76. The number of hydrogen-bond acceptors (Lipinski definition) is 3. The van der Waals surface area contributed by atoms with E-state index in [1.807, 2.05) is 19.4 Å². The van der Waals surface area contributed by atoms with E-state index < -0.39 is 0 Å². The summed E-state index contributed by atoms with van der Waals surface area (Å²) < 4.78 is 8.20. The van der Waals surface area contributed by atoms with Gasteiger partial charge in [-0.1, -0.05) is 26.7 Å². The van der Waals surface area contributed by atoms with Crippen molar-refractivity contribution in [2.75, 3.05) is 20.2 Å². The molecule has 2 N–H and O–H groups in total. The number of nitrogens with one attached hydrogen (secondary N) is 2. The lowest BCUT2D eigenvalue weighted by Crippen LogP contribution is -2.39. The van der Waals surface area contributed by atoms with E-state index in [9.17, 15) is 0 Å². The molecule has 1 aromatic rings. The first-order chi connectivity index (χ1) is 12.6. The number of rotatable bonds is 10. The number of ether oxygens (including phenoxy) is 1. The van der Waals surface area contributed by atoms with Crippen LogP contribution in [0, 0.1) is 11.8 Å². The van der Waals surface area contributed by atoms with Gasteiger partial charge >= 0.3 is 0 Å². The standard InChI is InChI=1S/C20H37N5O/c1-5-26-18(17-8-6-7-9-17)10-11-23-20(21-4)24-14-19-22-12-13-25(19)15-16(2)3/h12-13,16-18H,5-11,14-15H2,1-4H3,(H2,21,23,24). The molecule has 1 aromatic heterocycles. The van der Waals surface area contributed by atoms with Gasteiger partial charge in [-0.3, -0.25) is 4.99 Å². The summed E-state index contributed by atoms with van der Waals surface area (Å²) in [6.07, 6.45) is 10.7. The molecule has 0 aromatic carbocycles. The van der Waals surface area contributed by atoms with Crippen LogP contribution in [0.25, 0.3) is 0 Å². The van der Waals surface area contributed by atoms with Crippen molar-refractivity contribution in [2.45, 2.75) is 72.1 Å². The predicted molar refractivity (Wildman–Crippen MR) is 107 cm³/mol. The van der Waals surface area contributed by atoms with Crippen LogP contribution in [-0.2, 0) is 17.8 Å². The maximum Gasteiger partial charge on any atom is 0.191 e. The molecule has 0 bridgehead atoms. The molecule has 0 saturated heterocycles. The number of imidazole rings is 1. The number of aromatic nitrogens is 2. The van der Waals surface area contributed by atoms with Gasteiger partial charge in [-0.2, -0.15) is 0 Å². The summed E-state index contributed by atoms with van der Waals surface area (Å²) in [6.45, 7) is 9.87. The van der Waals surface area contributed by atoms with Gasteiger partial charge in [0, 0.05) is 39.1 Å². The highest BCUT2D eigenvalue weighted by atomic mass is 16.5. The highest BCUT2D eigenvalue weighted by Crippen LogP contribution is 2.30. The summed E-state index contributed by atoms with van der Waals surface area (Å²) in [5.74, 6) is 3.20. The molecule has 6 heteroatoms. The van der Waals surface area contributed by atoms with E-state index in [1.54, 1.807) is 0 Å². The van der Waals surface area contributed by atoms with E-state index in [4.69, 9.17) is 4.74 Å². The lowest BCUT2D eigenvalue weighted by molar-refractivity contribution is 0.0169. The minimum atomic E-state index is 0.373. The van der Waals surface area contributed by atoms with Crippen LogP contribution < -0.4 is 10.6 Å². The van der Waals surface area contributed by atoms with Crippen molar-refractivity contribution in [3.05, 3.63) is 18.2 Å². The molecule has 0 radical (unpaired) electrons. The molecule has 0 amide bonds. The molecule has 1 aliphatic carbocycles. The lowest BCUT2D eigenvalue weighted by Gasteiger charge is -2.24. The van der Waals surface area contributed by atoms with Gasteiger partial charge in [0.1, 0.15) is 5.82 Å². The smallest absolute Gasteiger partial charge is 0.191 e. The van der Waals surface area contributed by atoms with Crippen molar-refractivity contribution in [1.82, 2.24) is 20.2 Å². The summed E-state index contributed by atoms with van der Waals surface area (Å²) in [5, 5.41) is 6.80. The Hall–Kier alpha value is -1.56. The largest absolute Gasteiger partial charge is 0.378 e. The Morgan fingerprint density at radius 2 is 2.12 bits per heavy atom. The van der Waals surface area contributed by atoms with Crippen LogP contribution in [0.2, 0.25) is 0 Å². The predicted octanol–water partition coefficient (Wildman–Crippen LogP) is 3.19. The summed E-state index contributed by atoms with van der Waals surface area (Å²) in [4.78, 5) is 8.79. The number of aliphatic imine (C=N–C) groups is 1. The first-order valence-corrected chi connectivity index (χ1v) is 10.2. The molecule has 6 nitrogen and oxygen atoms in total. The SMILES string of the molecule is CCOC(CCNC(=NC)NCc1nccn1CC(C)C)C1CCCC1. The normalized spacial score (nSPS) is 17.0. The maximum absolute atomic E-state index is 6.00. The van der Waals surface area contributed by atoms with Crippen LogP contribution in [0.1, 0.15) is 58.7 Å². The molecule has 1 fully saturated rings. The zero-order valence-electron chi connectivity index (χ0n) is 17.0. The third-order valence-electron chi connectivity index (χ3n) is 5.03. The van der Waals surface area contributed by atoms with Gasteiger partial charge in [0.15, 0.2) is 5.96 Å². The van der Waals surface area contributed by atoms with Crippen molar-refractivity contribution in [3.63, 3.8) is 0 Å². The molecule has 1 unspecified atom stereocenters. The van der Waals surface area contributed by atoms with Gasteiger partial charge in [-0.15, -0.1) is 0 Å². The molecule has 26 heavy (non-hydrogen) atoms. The molecule has 2 rings (SSSR count). The zero-order valence-corrected chi connectivity index (χ0v) is 17.0. The highest BCUT2D eigenvalue weighted by molar-refractivity contribution is 5.79. The Morgan fingerprint density at radius 3 is 2.77 bits per heavy atom. The Kier molecular flexibility index (Phi) is 8.95. The van der Waals surface area contributed by atoms with Crippen LogP contribution in [0.15, 0.2) is 17.4 Å². The van der Waals surface area contributed by atoms with E-state index in [0.29, 0.717) is 18.6 Å². The van der Waals surface area contributed by atoms with Crippen molar-refractivity contribution in [3.8, 4) is 0 Å². The van der Waals surface area contributed by atoms with E-state index in [0.717, 1.165) is 43.8 Å².